The van der Waals surface area contributed by atoms with Crippen LogP contribution >= 0.6 is 0 Å². The third-order valence-electron chi connectivity index (χ3n) is 1.63. The molecule has 0 aromatic carbocycles. The summed E-state index contributed by atoms with van der Waals surface area (Å²) >= 11 is 0. The molecule has 0 radical (unpaired) electrons. The average molecular weight is 191 g/mol. The van der Waals surface area contributed by atoms with E-state index in [0.29, 0.717) is 5.69 Å². The maximum atomic E-state index is 11.4. The van der Waals surface area contributed by atoms with Crippen LogP contribution in [0.3, 0.4) is 0 Å². The number of nitrogens with zero attached hydrogens (tertiary/aromatic N) is 1. The molecule has 0 saturated heterocycles. The second kappa shape index (κ2) is 5.17. The summed E-state index contributed by atoms with van der Waals surface area (Å²) in [5.41, 5.74) is 0.337. The smallest absolute Gasteiger partial charge is 0.357 e. The predicted molar refractivity (Wildman–Crippen MR) is 53.9 cm³/mol. The molecule has 0 bridgehead atoms. The summed E-state index contributed by atoms with van der Waals surface area (Å²) in [5, 5.41) is 0. The van der Waals surface area contributed by atoms with Crippen LogP contribution in [0.1, 0.15) is 24.3 Å². The van der Waals surface area contributed by atoms with Crippen molar-refractivity contribution >= 4 is 5.97 Å². The number of hydrogen-bond donors (Lipinski definition) is 0. The van der Waals surface area contributed by atoms with Gasteiger partial charge in [0.25, 0.3) is 0 Å². The van der Waals surface area contributed by atoms with Crippen molar-refractivity contribution < 1.29 is 9.53 Å². The maximum Gasteiger partial charge on any atom is 0.357 e. The first kappa shape index (κ1) is 10.4. The van der Waals surface area contributed by atoms with Gasteiger partial charge in [0.2, 0.25) is 0 Å². The summed E-state index contributed by atoms with van der Waals surface area (Å²) in [5.74, 6) is -0.392. The van der Waals surface area contributed by atoms with Crippen LogP contribution in [0.25, 0.3) is 0 Å². The van der Waals surface area contributed by atoms with Gasteiger partial charge in [-0.1, -0.05) is 12.1 Å². The lowest BCUT2D eigenvalue weighted by atomic mass is 10.3. The van der Waals surface area contributed by atoms with Crippen LogP contribution in [-0.2, 0) is 4.74 Å². The molecule has 0 fully saturated rings. The van der Waals surface area contributed by atoms with Gasteiger partial charge < -0.3 is 4.74 Å². The minimum atomic E-state index is -0.392. The lowest BCUT2D eigenvalue weighted by Crippen LogP contribution is -2.13. The van der Waals surface area contributed by atoms with E-state index in [2.05, 4.69) is 4.98 Å². The Morgan fingerprint density at radius 2 is 2.36 bits per heavy atom. The fourth-order valence-corrected chi connectivity index (χ4v) is 1.02. The Morgan fingerprint density at radius 1 is 1.57 bits per heavy atom. The Kier molecular flexibility index (Phi) is 3.85. The van der Waals surface area contributed by atoms with E-state index < -0.39 is 5.97 Å². The molecule has 1 aromatic rings. The van der Waals surface area contributed by atoms with Gasteiger partial charge in [-0.25, -0.2) is 9.78 Å². The van der Waals surface area contributed by atoms with Crippen LogP contribution in [0.15, 0.2) is 36.5 Å². The molecule has 74 valence electrons. The van der Waals surface area contributed by atoms with Gasteiger partial charge in [0.1, 0.15) is 11.8 Å². The normalized spacial score (nSPS) is 12.7. The number of carbonyl (C=O) groups is 1. The van der Waals surface area contributed by atoms with Crippen molar-refractivity contribution in [2.75, 3.05) is 0 Å². The number of allylic oxidation sites excluding steroid dienone is 1. The van der Waals surface area contributed by atoms with E-state index in [1.807, 2.05) is 13.0 Å². The molecule has 0 unspecified atom stereocenters. The summed E-state index contributed by atoms with van der Waals surface area (Å²) in [6.07, 6.45) is 5.00. The van der Waals surface area contributed by atoms with Gasteiger partial charge in [0.05, 0.1) is 0 Å². The molecule has 0 spiro atoms. The number of pyridine rings is 1. The van der Waals surface area contributed by atoms with E-state index >= 15 is 0 Å². The highest BCUT2D eigenvalue weighted by molar-refractivity contribution is 5.87. The number of aromatic nitrogens is 1. The van der Waals surface area contributed by atoms with E-state index in [4.69, 9.17) is 4.74 Å². The molecule has 1 atom stereocenters. The predicted octanol–water partition coefficient (Wildman–Crippen LogP) is 2.20. The van der Waals surface area contributed by atoms with E-state index in [1.54, 1.807) is 37.4 Å². The van der Waals surface area contributed by atoms with Gasteiger partial charge in [0.15, 0.2) is 0 Å². The highest BCUT2D eigenvalue weighted by Crippen LogP contribution is 2.01. The summed E-state index contributed by atoms with van der Waals surface area (Å²) < 4.78 is 5.09. The fraction of sp³-hybridized carbons (Fsp3) is 0.273. The Morgan fingerprint density at radius 3 is 2.93 bits per heavy atom. The molecule has 0 amide bonds. The lowest BCUT2D eigenvalue weighted by molar-refractivity contribution is 0.0417. The Bertz CT molecular complexity index is 319. The molecular weight excluding hydrogens is 178 g/mol. The molecule has 0 saturated carbocycles. The first-order valence-electron chi connectivity index (χ1n) is 4.49. The van der Waals surface area contributed by atoms with Crippen LogP contribution < -0.4 is 0 Å². The van der Waals surface area contributed by atoms with E-state index in [1.165, 1.54) is 0 Å². The Hall–Kier alpha value is -1.64. The molecule has 0 aliphatic carbocycles. The minimum Gasteiger partial charge on any atom is -0.454 e. The molecule has 1 heterocycles. The average Bonchev–Trinajstić information content (AvgIpc) is 2.19. The second-order valence-corrected chi connectivity index (χ2v) is 2.85. The van der Waals surface area contributed by atoms with Crippen molar-refractivity contribution in [2.45, 2.75) is 20.0 Å². The summed E-state index contributed by atoms with van der Waals surface area (Å²) in [7, 11) is 0. The topological polar surface area (TPSA) is 39.2 Å². The van der Waals surface area contributed by atoms with E-state index in [-0.39, 0.29) is 6.10 Å². The summed E-state index contributed by atoms with van der Waals surface area (Å²) in [6, 6.07) is 5.14. The zero-order valence-electron chi connectivity index (χ0n) is 8.31. The van der Waals surface area contributed by atoms with Gasteiger partial charge >= 0.3 is 5.97 Å². The lowest BCUT2D eigenvalue weighted by Gasteiger charge is -2.07. The molecule has 14 heavy (non-hydrogen) atoms. The van der Waals surface area contributed by atoms with Gasteiger partial charge in [-0.2, -0.15) is 0 Å². The van der Waals surface area contributed by atoms with Gasteiger partial charge in [-0.15, -0.1) is 0 Å². The van der Waals surface area contributed by atoms with Gasteiger partial charge in [0, 0.05) is 6.20 Å². The van der Waals surface area contributed by atoms with Crippen molar-refractivity contribution in [3.63, 3.8) is 0 Å². The maximum absolute atomic E-state index is 11.4. The van der Waals surface area contributed by atoms with Crippen molar-refractivity contribution in [1.29, 1.82) is 0 Å². The van der Waals surface area contributed by atoms with Crippen LogP contribution in [0.2, 0.25) is 0 Å². The Labute approximate surface area is 83.4 Å². The highest BCUT2D eigenvalue weighted by Gasteiger charge is 2.09. The Balaban J connectivity index is 2.59. The number of ether oxygens (including phenoxy) is 1. The van der Waals surface area contributed by atoms with Crippen LogP contribution in [0, 0.1) is 0 Å². The number of hydrogen-bond acceptors (Lipinski definition) is 3. The van der Waals surface area contributed by atoms with Crippen molar-refractivity contribution in [3.8, 4) is 0 Å². The monoisotopic (exact) mass is 191 g/mol. The van der Waals surface area contributed by atoms with E-state index in [0.717, 1.165) is 0 Å². The highest BCUT2D eigenvalue weighted by atomic mass is 16.5. The number of carbonyl (C=O) groups excluding carboxylic acids is 1. The first-order chi connectivity index (χ1) is 6.74. The molecular formula is C11H13NO2. The van der Waals surface area contributed by atoms with Crippen LogP contribution in [0.5, 0.6) is 0 Å². The van der Waals surface area contributed by atoms with Crippen molar-refractivity contribution in [2.24, 2.45) is 0 Å². The molecule has 3 nitrogen and oxygen atoms in total. The van der Waals surface area contributed by atoms with Crippen LogP contribution in [0.4, 0.5) is 0 Å². The van der Waals surface area contributed by atoms with Crippen LogP contribution in [-0.4, -0.2) is 17.1 Å². The zero-order valence-corrected chi connectivity index (χ0v) is 8.31. The SMILES string of the molecule is C/C=C\[C@H](C)OC(=O)c1ccccn1. The number of rotatable bonds is 3. The van der Waals surface area contributed by atoms with E-state index in [9.17, 15) is 4.79 Å². The molecule has 3 heteroatoms. The fourth-order valence-electron chi connectivity index (χ4n) is 1.02. The molecule has 1 aromatic heterocycles. The zero-order chi connectivity index (χ0) is 10.4. The minimum absolute atomic E-state index is 0.213. The summed E-state index contributed by atoms with van der Waals surface area (Å²) in [6.45, 7) is 3.69. The molecule has 1 rings (SSSR count). The van der Waals surface area contributed by atoms with Crippen molar-refractivity contribution in [1.82, 2.24) is 4.98 Å². The first-order valence-corrected chi connectivity index (χ1v) is 4.49. The number of esters is 1. The standard InChI is InChI=1S/C11H13NO2/c1-3-6-9(2)14-11(13)10-7-4-5-8-12-10/h3-9H,1-2H3/b6-3-/t9-/m0/s1. The van der Waals surface area contributed by atoms with Gasteiger partial charge in [-0.3, -0.25) is 0 Å². The molecule has 0 aliphatic heterocycles. The quantitative estimate of drug-likeness (QED) is 0.543. The molecule has 0 N–H and O–H groups in total. The van der Waals surface area contributed by atoms with Gasteiger partial charge in [-0.05, 0) is 32.1 Å². The third kappa shape index (κ3) is 3.01. The summed E-state index contributed by atoms with van der Waals surface area (Å²) in [4.78, 5) is 15.3. The molecule has 0 aliphatic rings. The van der Waals surface area contributed by atoms with Crippen molar-refractivity contribution in [3.05, 3.63) is 42.2 Å². The second-order valence-electron chi connectivity index (χ2n) is 2.85. The largest absolute Gasteiger partial charge is 0.454 e. The third-order valence-corrected chi connectivity index (χ3v) is 1.63.